The Morgan fingerprint density at radius 1 is 1.12 bits per heavy atom. The maximum absolute atomic E-state index is 13.8. The minimum Gasteiger partial charge on any atom is -0.420 e. The van der Waals surface area contributed by atoms with Crippen LogP contribution in [0.5, 0.6) is 0 Å². The van der Waals surface area contributed by atoms with Crippen molar-refractivity contribution in [2.24, 2.45) is 0 Å². The largest absolute Gasteiger partial charge is 0.420 e. The lowest BCUT2D eigenvalue weighted by atomic mass is 10.1. The zero-order chi connectivity index (χ0) is 16.4. The van der Waals surface area contributed by atoms with Gasteiger partial charge >= 0.3 is 0 Å². The van der Waals surface area contributed by atoms with Crippen LogP contribution in [0.3, 0.4) is 0 Å². The lowest BCUT2D eigenvalue weighted by Gasteiger charge is -2.14. The van der Waals surface area contributed by atoms with Crippen molar-refractivity contribution in [3.05, 3.63) is 66.1 Å². The van der Waals surface area contributed by atoms with Crippen LogP contribution in [0, 0.1) is 5.82 Å². The van der Waals surface area contributed by atoms with E-state index in [1.807, 2.05) is 24.4 Å². The molecule has 24 heavy (non-hydrogen) atoms. The summed E-state index contributed by atoms with van der Waals surface area (Å²) in [6, 6.07) is 12.4. The first kappa shape index (κ1) is 15.0. The predicted octanol–water partition coefficient (Wildman–Crippen LogP) is 3.26. The average molecular weight is 324 g/mol. The van der Waals surface area contributed by atoms with E-state index in [0.717, 1.165) is 31.7 Å². The van der Waals surface area contributed by atoms with Crippen LogP contribution in [0.2, 0.25) is 0 Å². The molecule has 2 aromatic heterocycles. The zero-order valence-corrected chi connectivity index (χ0v) is 13.1. The van der Waals surface area contributed by atoms with E-state index in [9.17, 15) is 4.39 Å². The lowest BCUT2D eigenvalue weighted by molar-refractivity contribution is 0.316. The van der Waals surface area contributed by atoms with E-state index < -0.39 is 0 Å². The molecule has 6 heteroatoms. The molecule has 0 amide bonds. The van der Waals surface area contributed by atoms with Gasteiger partial charge in [-0.05, 0) is 37.2 Å². The molecule has 0 saturated carbocycles. The molecule has 1 unspecified atom stereocenters. The number of aromatic nitrogens is 3. The summed E-state index contributed by atoms with van der Waals surface area (Å²) in [5.74, 6) is 0.653. The van der Waals surface area contributed by atoms with Gasteiger partial charge in [0, 0.05) is 19.3 Å². The van der Waals surface area contributed by atoms with Gasteiger partial charge in [0.25, 0.3) is 5.89 Å². The Bertz CT molecular complexity index is 821. The molecule has 0 aliphatic carbocycles. The normalized spacial score (nSPS) is 18.1. The Labute approximate surface area is 139 Å². The molecule has 1 atom stereocenters. The van der Waals surface area contributed by atoms with Crippen LogP contribution in [0.1, 0.15) is 23.9 Å². The molecular formula is C18H17FN4O. The Hall–Kier alpha value is -2.60. The molecule has 1 aromatic carbocycles. The molecule has 0 radical (unpaired) electrons. The third kappa shape index (κ3) is 3.05. The third-order valence-electron chi connectivity index (χ3n) is 4.28. The summed E-state index contributed by atoms with van der Waals surface area (Å²) in [7, 11) is 0. The topological polar surface area (TPSA) is 55.1 Å². The van der Waals surface area contributed by atoms with Gasteiger partial charge in [0.1, 0.15) is 5.82 Å². The minimum absolute atomic E-state index is 0.182. The number of nitrogens with zero attached hydrogens (tertiary/aromatic N) is 4. The van der Waals surface area contributed by atoms with Crippen LogP contribution in [-0.2, 0) is 6.54 Å². The predicted molar refractivity (Wildman–Crippen MR) is 86.6 cm³/mol. The fourth-order valence-electron chi connectivity index (χ4n) is 3.04. The second-order valence-electron chi connectivity index (χ2n) is 5.97. The highest BCUT2D eigenvalue weighted by atomic mass is 19.1. The van der Waals surface area contributed by atoms with Crippen molar-refractivity contribution in [2.75, 3.05) is 13.1 Å². The summed E-state index contributed by atoms with van der Waals surface area (Å²) in [5.41, 5.74) is 1.40. The number of rotatable bonds is 4. The first-order chi connectivity index (χ1) is 11.8. The standard InChI is InChI=1S/C18H17FN4O/c19-16-7-2-1-6-15(16)18-22-21-17(24-18)13-8-10-23(11-13)12-14-5-3-4-9-20-14/h1-7,9,13H,8,10-12H2. The van der Waals surface area contributed by atoms with Crippen molar-refractivity contribution in [1.29, 1.82) is 0 Å². The van der Waals surface area contributed by atoms with Gasteiger partial charge in [-0.3, -0.25) is 9.88 Å². The van der Waals surface area contributed by atoms with Gasteiger partial charge in [-0.15, -0.1) is 10.2 Å². The first-order valence-corrected chi connectivity index (χ1v) is 8.00. The van der Waals surface area contributed by atoms with Crippen LogP contribution in [0.15, 0.2) is 53.1 Å². The quantitative estimate of drug-likeness (QED) is 0.737. The van der Waals surface area contributed by atoms with Crippen LogP contribution >= 0.6 is 0 Å². The minimum atomic E-state index is -0.351. The number of pyridine rings is 1. The average Bonchev–Trinajstić information content (AvgIpc) is 3.25. The second-order valence-corrected chi connectivity index (χ2v) is 5.97. The smallest absolute Gasteiger partial charge is 0.250 e. The molecule has 5 nitrogen and oxygen atoms in total. The Morgan fingerprint density at radius 2 is 2.00 bits per heavy atom. The van der Waals surface area contributed by atoms with E-state index in [1.165, 1.54) is 6.07 Å². The monoisotopic (exact) mass is 324 g/mol. The molecule has 3 aromatic rings. The van der Waals surface area contributed by atoms with Crippen molar-refractivity contribution in [1.82, 2.24) is 20.1 Å². The highest BCUT2D eigenvalue weighted by molar-refractivity contribution is 5.53. The van der Waals surface area contributed by atoms with Crippen LogP contribution < -0.4 is 0 Å². The maximum atomic E-state index is 13.8. The fourth-order valence-corrected chi connectivity index (χ4v) is 3.04. The number of hydrogen-bond acceptors (Lipinski definition) is 5. The number of halogens is 1. The van der Waals surface area contributed by atoms with Gasteiger partial charge in [0.15, 0.2) is 0 Å². The van der Waals surface area contributed by atoms with Crippen molar-refractivity contribution in [3.8, 4) is 11.5 Å². The molecule has 1 aliphatic rings. The molecule has 0 bridgehead atoms. The molecule has 0 spiro atoms. The molecule has 3 heterocycles. The lowest BCUT2D eigenvalue weighted by Crippen LogP contribution is -2.20. The van der Waals surface area contributed by atoms with Crippen LogP contribution in [0.25, 0.3) is 11.5 Å². The molecule has 0 N–H and O–H groups in total. The second kappa shape index (κ2) is 6.49. The van der Waals surface area contributed by atoms with Crippen LogP contribution in [-0.4, -0.2) is 33.2 Å². The van der Waals surface area contributed by atoms with Gasteiger partial charge in [0.05, 0.1) is 17.2 Å². The summed E-state index contributed by atoms with van der Waals surface area (Å²) < 4.78 is 19.6. The zero-order valence-electron chi connectivity index (χ0n) is 13.1. The van der Waals surface area contributed by atoms with Gasteiger partial charge in [-0.25, -0.2) is 4.39 Å². The summed E-state index contributed by atoms with van der Waals surface area (Å²) >= 11 is 0. The molecular weight excluding hydrogens is 307 g/mol. The van der Waals surface area contributed by atoms with E-state index >= 15 is 0 Å². The fraction of sp³-hybridized carbons (Fsp3) is 0.278. The number of hydrogen-bond donors (Lipinski definition) is 0. The third-order valence-corrected chi connectivity index (χ3v) is 4.28. The number of likely N-dealkylation sites (tertiary alicyclic amines) is 1. The van der Waals surface area contributed by atoms with Gasteiger partial charge in [0.2, 0.25) is 5.89 Å². The highest BCUT2D eigenvalue weighted by Gasteiger charge is 2.28. The maximum Gasteiger partial charge on any atom is 0.250 e. The van der Waals surface area contributed by atoms with E-state index in [1.54, 1.807) is 18.2 Å². The molecule has 4 rings (SSSR count). The van der Waals surface area contributed by atoms with Crippen molar-refractivity contribution < 1.29 is 8.81 Å². The Morgan fingerprint density at radius 3 is 2.83 bits per heavy atom. The van der Waals surface area contributed by atoms with Gasteiger partial charge in [-0.1, -0.05) is 18.2 Å². The van der Waals surface area contributed by atoms with E-state index in [2.05, 4.69) is 20.1 Å². The summed E-state index contributed by atoms with van der Waals surface area (Å²) in [6.07, 6.45) is 2.76. The van der Waals surface area contributed by atoms with E-state index in [-0.39, 0.29) is 17.6 Å². The van der Waals surface area contributed by atoms with Gasteiger partial charge < -0.3 is 4.42 Å². The molecule has 1 aliphatic heterocycles. The van der Waals surface area contributed by atoms with Crippen LogP contribution in [0.4, 0.5) is 4.39 Å². The Balaban J connectivity index is 1.45. The van der Waals surface area contributed by atoms with Crippen molar-refractivity contribution in [2.45, 2.75) is 18.9 Å². The van der Waals surface area contributed by atoms with E-state index in [0.29, 0.717) is 11.5 Å². The summed E-state index contributed by atoms with van der Waals surface area (Å²) in [6.45, 7) is 2.61. The first-order valence-electron chi connectivity index (χ1n) is 8.00. The molecule has 122 valence electrons. The SMILES string of the molecule is Fc1ccccc1-c1nnc(C2CCN(Cc3ccccn3)C2)o1. The van der Waals surface area contributed by atoms with Crippen molar-refractivity contribution >= 4 is 0 Å². The molecule has 1 fully saturated rings. The van der Waals surface area contributed by atoms with Gasteiger partial charge in [-0.2, -0.15) is 0 Å². The number of benzene rings is 1. The molecule has 1 saturated heterocycles. The Kier molecular flexibility index (Phi) is 4.04. The van der Waals surface area contributed by atoms with Crippen molar-refractivity contribution in [3.63, 3.8) is 0 Å². The van der Waals surface area contributed by atoms with E-state index in [4.69, 9.17) is 4.42 Å². The summed E-state index contributed by atoms with van der Waals surface area (Å²) in [5, 5.41) is 8.14. The highest BCUT2D eigenvalue weighted by Crippen LogP contribution is 2.29. The summed E-state index contributed by atoms with van der Waals surface area (Å²) in [4.78, 5) is 6.68.